The molecule has 114 valence electrons. The van der Waals surface area contributed by atoms with E-state index in [1.165, 1.54) is 16.9 Å². The van der Waals surface area contributed by atoms with Crippen LogP contribution < -0.4 is 0 Å². The monoisotopic (exact) mass is 286 g/mol. The highest BCUT2D eigenvalue weighted by Crippen LogP contribution is 2.25. The maximum absolute atomic E-state index is 12.5. The molecule has 20 heavy (non-hydrogen) atoms. The Bertz CT molecular complexity index is 396. The van der Waals surface area contributed by atoms with Crippen molar-refractivity contribution in [2.24, 2.45) is 5.92 Å². The van der Waals surface area contributed by atoms with Gasteiger partial charge >= 0.3 is 18.0 Å². The van der Waals surface area contributed by atoms with Gasteiger partial charge in [0.15, 0.2) is 0 Å². The van der Waals surface area contributed by atoms with Crippen molar-refractivity contribution in [3.8, 4) is 0 Å². The first-order valence-corrected chi connectivity index (χ1v) is 6.66. The fourth-order valence-corrected chi connectivity index (χ4v) is 2.38. The van der Waals surface area contributed by atoms with E-state index < -0.39 is 24.0 Å². The standard InChI is InChI=1S/C13H22N2O5/c1-8(2)15(7-10(16)20-4)13(19)14-6-5-9(3)11(14)12(17)18/h8-9,11H,5-7H2,1-4H3,(H,17,18). The first kappa shape index (κ1) is 16.3. The van der Waals surface area contributed by atoms with E-state index in [1.807, 2.05) is 6.92 Å². The molecule has 1 N–H and O–H groups in total. The number of hydrogen-bond acceptors (Lipinski definition) is 4. The van der Waals surface area contributed by atoms with Gasteiger partial charge in [0.2, 0.25) is 0 Å². The summed E-state index contributed by atoms with van der Waals surface area (Å²) in [5, 5.41) is 9.25. The second kappa shape index (κ2) is 6.58. The molecular formula is C13H22N2O5. The Hall–Kier alpha value is -1.79. The number of carbonyl (C=O) groups is 3. The van der Waals surface area contributed by atoms with E-state index >= 15 is 0 Å². The molecule has 0 aromatic carbocycles. The summed E-state index contributed by atoms with van der Waals surface area (Å²) in [6.07, 6.45) is 0.646. The number of amides is 2. The SMILES string of the molecule is COC(=O)CN(C(=O)N1CCC(C)C1C(=O)O)C(C)C. The van der Waals surface area contributed by atoms with Crippen molar-refractivity contribution >= 4 is 18.0 Å². The Kier molecular flexibility index (Phi) is 5.35. The molecule has 1 saturated heterocycles. The van der Waals surface area contributed by atoms with Gasteiger partial charge in [0.1, 0.15) is 12.6 Å². The van der Waals surface area contributed by atoms with Crippen molar-refractivity contribution in [1.82, 2.24) is 9.80 Å². The molecule has 7 nitrogen and oxygen atoms in total. The molecule has 1 aliphatic heterocycles. The highest BCUT2D eigenvalue weighted by molar-refractivity contribution is 5.86. The van der Waals surface area contributed by atoms with Crippen molar-refractivity contribution in [1.29, 1.82) is 0 Å². The van der Waals surface area contributed by atoms with Gasteiger partial charge in [-0.25, -0.2) is 9.59 Å². The van der Waals surface area contributed by atoms with Crippen LogP contribution in [0.15, 0.2) is 0 Å². The van der Waals surface area contributed by atoms with Crippen molar-refractivity contribution < 1.29 is 24.2 Å². The van der Waals surface area contributed by atoms with Crippen molar-refractivity contribution in [3.05, 3.63) is 0 Å². The van der Waals surface area contributed by atoms with Crippen LogP contribution in [0.5, 0.6) is 0 Å². The van der Waals surface area contributed by atoms with Gasteiger partial charge < -0.3 is 19.6 Å². The number of nitrogens with zero attached hydrogens (tertiary/aromatic N) is 2. The van der Waals surface area contributed by atoms with Crippen LogP contribution in [0, 0.1) is 5.92 Å². The van der Waals surface area contributed by atoms with E-state index in [2.05, 4.69) is 4.74 Å². The number of carbonyl (C=O) groups excluding carboxylic acids is 2. The number of likely N-dealkylation sites (tertiary alicyclic amines) is 1. The number of methoxy groups -OCH3 is 1. The van der Waals surface area contributed by atoms with E-state index in [9.17, 15) is 19.5 Å². The number of esters is 1. The summed E-state index contributed by atoms with van der Waals surface area (Å²) in [7, 11) is 1.25. The average molecular weight is 286 g/mol. The van der Waals surface area contributed by atoms with Crippen LogP contribution in [-0.2, 0) is 14.3 Å². The number of carboxylic acids is 1. The summed E-state index contributed by atoms with van der Waals surface area (Å²) in [5.74, 6) is -1.63. The summed E-state index contributed by atoms with van der Waals surface area (Å²) in [5.41, 5.74) is 0. The zero-order valence-electron chi connectivity index (χ0n) is 12.3. The molecule has 1 heterocycles. The minimum absolute atomic E-state index is 0.0939. The van der Waals surface area contributed by atoms with Gasteiger partial charge in [0, 0.05) is 12.6 Å². The second-order valence-corrected chi connectivity index (χ2v) is 5.32. The molecule has 0 radical (unpaired) electrons. The molecule has 0 aromatic heterocycles. The van der Waals surface area contributed by atoms with E-state index in [1.54, 1.807) is 13.8 Å². The van der Waals surface area contributed by atoms with Crippen LogP contribution in [0.2, 0.25) is 0 Å². The maximum Gasteiger partial charge on any atom is 0.326 e. The smallest absolute Gasteiger partial charge is 0.326 e. The largest absolute Gasteiger partial charge is 0.480 e. The van der Waals surface area contributed by atoms with Gasteiger partial charge in [-0.05, 0) is 26.2 Å². The highest BCUT2D eigenvalue weighted by atomic mass is 16.5. The van der Waals surface area contributed by atoms with Crippen molar-refractivity contribution in [3.63, 3.8) is 0 Å². The topological polar surface area (TPSA) is 87.2 Å². The molecule has 1 aliphatic rings. The van der Waals surface area contributed by atoms with Crippen LogP contribution in [-0.4, -0.2) is 65.2 Å². The highest BCUT2D eigenvalue weighted by Gasteiger charge is 2.41. The predicted octanol–water partition coefficient (Wildman–Crippen LogP) is 0.785. The van der Waals surface area contributed by atoms with E-state index in [0.717, 1.165) is 0 Å². The fourth-order valence-electron chi connectivity index (χ4n) is 2.38. The number of hydrogen-bond donors (Lipinski definition) is 1. The summed E-state index contributed by atoms with van der Waals surface area (Å²) in [4.78, 5) is 37.8. The van der Waals surface area contributed by atoms with Gasteiger partial charge in [-0.3, -0.25) is 4.79 Å². The number of ether oxygens (including phenoxy) is 1. The Labute approximate surface area is 118 Å². The van der Waals surface area contributed by atoms with Gasteiger partial charge in [-0.15, -0.1) is 0 Å². The molecule has 0 saturated carbocycles. The number of rotatable bonds is 4. The number of aliphatic carboxylic acids is 1. The Morgan fingerprint density at radius 3 is 2.45 bits per heavy atom. The van der Waals surface area contributed by atoms with Crippen LogP contribution in [0.25, 0.3) is 0 Å². The minimum Gasteiger partial charge on any atom is -0.480 e. The normalized spacial score (nSPS) is 21.9. The lowest BCUT2D eigenvalue weighted by atomic mass is 10.0. The van der Waals surface area contributed by atoms with Crippen LogP contribution >= 0.6 is 0 Å². The molecular weight excluding hydrogens is 264 g/mol. The van der Waals surface area contributed by atoms with Crippen LogP contribution in [0.4, 0.5) is 4.79 Å². The van der Waals surface area contributed by atoms with Crippen LogP contribution in [0.3, 0.4) is 0 Å². The Morgan fingerprint density at radius 2 is 2.00 bits per heavy atom. The molecule has 2 unspecified atom stereocenters. The summed E-state index contributed by atoms with van der Waals surface area (Å²) in [6.45, 7) is 5.57. The number of urea groups is 1. The third kappa shape index (κ3) is 3.40. The first-order chi connectivity index (χ1) is 9.29. The molecule has 0 spiro atoms. The fraction of sp³-hybridized carbons (Fsp3) is 0.769. The summed E-state index contributed by atoms with van der Waals surface area (Å²) < 4.78 is 4.57. The van der Waals surface area contributed by atoms with Gasteiger partial charge in [0.05, 0.1) is 7.11 Å². The summed E-state index contributed by atoms with van der Waals surface area (Å²) >= 11 is 0. The van der Waals surface area contributed by atoms with E-state index in [4.69, 9.17) is 0 Å². The van der Waals surface area contributed by atoms with E-state index in [0.29, 0.717) is 13.0 Å². The Balaban J connectivity index is 2.89. The molecule has 1 rings (SSSR count). The lowest BCUT2D eigenvalue weighted by Crippen LogP contribution is -2.52. The Morgan fingerprint density at radius 1 is 1.40 bits per heavy atom. The molecule has 2 amide bonds. The van der Waals surface area contributed by atoms with Gasteiger partial charge in [0.25, 0.3) is 0 Å². The molecule has 7 heteroatoms. The quantitative estimate of drug-likeness (QED) is 0.772. The lowest BCUT2D eigenvalue weighted by molar-refractivity contribution is -0.142. The minimum atomic E-state index is -1.01. The lowest BCUT2D eigenvalue weighted by Gasteiger charge is -2.32. The van der Waals surface area contributed by atoms with Crippen molar-refractivity contribution in [2.75, 3.05) is 20.2 Å². The number of carboxylic acid groups (broad SMARTS) is 1. The van der Waals surface area contributed by atoms with E-state index in [-0.39, 0.29) is 18.5 Å². The van der Waals surface area contributed by atoms with Crippen molar-refractivity contribution in [2.45, 2.75) is 39.3 Å². The predicted molar refractivity (Wildman–Crippen MR) is 71.2 cm³/mol. The third-order valence-electron chi connectivity index (χ3n) is 3.60. The molecule has 0 aromatic rings. The first-order valence-electron chi connectivity index (χ1n) is 6.66. The maximum atomic E-state index is 12.5. The second-order valence-electron chi connectivity index (χ2n) is 5.32. The molecule has 0 bridgehead atoms. The average Bonchev–Trinajstić information content (AvgIpc) is 2.76. The zero-order chi connectivity index (χ0) is 15.4. The van der Waals surface area contributed by atoms with Gasteiger partial charge in [-0.1, -0.05) is 6.92 Å². The molecule has 2 atom stereocenters. The van der Waals surface area contributed by atoms with Gasteiger partial charge in [-0.2, -0.15) is 0 Å². The van der Waals surface area contributed by atoms with Crippen LogP contribution in [0.1, 0.15) is 27.2 Å². The zero-order valence-corrected chi connectivity index (χ0v) is 12.3. The third-order valence-corrected chi connectivity index (χ3v) is 3.60. The summed E-state index contributed by atoms with van der Waals surface area (Å²) in [6, 6.07) is -1.48. The molecule has 0 aliphatic carbocycles. The molecule has 1 fully saturated rings.